The zero-order chi connectivity index (χ0) is 12.8. The average Bonchev–Trinajstić information content (AvgIpc) is 3.04. The lowest BCUT2D eigenvalue weighted by atomic mass is 10.1. The molecule has 2 N–H and O–H groups in total. The predicted molar refractivity (Wildman–Crippen MR) is 65.4 cm³/mol. The van der Waals surface area contributed by atoms with Gasteiger partial charge < -0.3 is 14.8 Å². The zero-order valence-corrected chi connectivity index (χ0v) is 9.83. The van der Waals surface area contributed by atoms with Crippen LogP contribution in [-0.2, 0) is 6.54 Å². The van der Waals surface area contributed by atoms with Gasteiger partial charge in [0.25, 0.3) is 0 Å². The first kappa shape index (κ1) is 11.2. The Morgan fingerprint density at radius 2 is 2.22 bits per heavy atom. The van der Waals surface area contributed by atoms with Crippen LogP contribution >= 0.6 is 0 Å². The highest BCUT2D eigenvalue weighted by molar-refractivity contribution is 5.92. The normalized spacial score (nSPS) is 16.9. The number of aromatic carboxylic acids is 1. The maximum absolute atomic E-state index is 11.0. The van der Waals surface area contributed by atoms with Crippen LogP contribution in [0, 0.1) is 5.41 Å². The third-order valence-electron chi connectivity index (χ3n) is 3.67. The highest BCUT2D eigenvalue weighted by Crippen LogP contribution is 2.46. The van der Waals surface area contributed by atoms with Crippen LogP contribution < -0.4 is 0 Å². The SMILES string of the molecule is O=C(O)c1ccc2ncn(CC3(CO)CC3)c2c1. The summed E-state index contributed by atoms with van der Waals surface area (Å²) in [4.78, 5) is 15.2. The Morgan fingerprint density at radius 3 is 2.83 bits per heavy atom. The maximum Gasteiger partial charge on any atom is 0.335 e. The van der Waals surface area contributed by atoms with Gasteiger partial charge in [0.15, 0.2) is 0 Å². The van der Waals surface area contributed by atoms with Gasteiger partial charge >= 0.3 is 5.97 Å². The average molecular weight is 246 g/mol. The lowest BCUT2D eigenvalue weighted by Gasteiger charge is -2.13. The Morgan fingerprint density at radius 1 is 1.44 bits per heavy atom. The molecule has 0 unspecified atom stereocenters. The summed E-state index contributed by atoms with van der Waals surface area (Å²) < 4.78 is 1.94. The predicted octanol–water partition coefficient (Wildman–Crippen LogP) is 1.51. The van der Waals surface area contributed by atoms with E-state index in [-0.39, 0.29) is 17.6 Å². The molecule has 0 atom stereocenters. The van der Waals surface area contributed by atoms with Crippen molar-refractivity contribution in [1.82, 2.24) is 9.55 Å². The first-order valence-electron chi connectivity index (χ1n) is 5.93. The zero-order valence-electron chi connectivity index (χ0n) is 9.83. The van der Waals surface area contributed by atoms with Gasteiger partial charge in [0.1, 0.15) is 0 Å². The van der Waals surface area contributed by atoms with Gasteiger partial charge in [0.2, 0.25) is 0 Å². The van der Waals surface area contributed by atoms with Gasteiger partial charge in [0, 0.05) is 12.0 Å². The van der Waals surface area contributed by atoms with Crippen molar-refractivity contribution in [2.75, 3.05) is 6.61 Å². The Balaban J connectivity index is 2.01. The highest BCUT2D eigenvalue weighted by Gasteiger charge is 2.42. The molecule has 5 nitrogen and oxygen atoms in total. The largest absolute Gasteiger partial charge is 0.478 e. The van der Waals surface area contributed by atoms with Gasteiger partial charge in [0.05, 0.1) is 29.5 Å². The van der Waals surface area contributed by atoms with Crippen LogP contribution in [0.15, 0.2) is 24.5 Å². The summed E-state index contributed by atoms with van der Waals surface area (Å²) in [7, 11) is 0. The number of carboxylic acids is 1. The summed E-state index contributed by atoms with van der Waals surface area (Å²) in [5.74, 6) is -0.937. The number of carbonyl (C=O) groups is 1. The fourth-order valence-electron chi connectivity index (χ4n) is 2.22. The van der Waals surface area contributed by atoms with Crippen LogP contribution in [0.5, 0.6) is 0 Å². The number of rotatable bonds is 4. The standard InChI is InChI=1S/C13H14N2O3/c16-7-13(3-4-13)6-15-8-14-10-2-1-9(12(17)18)5-11(10)15/h1-2,5,8,16H,3-4,6-7H2,(H,17,18). The number of nitrogens with zero attached hydrogens (tertiary/aromatic N) is 2. The van der Waals surface area contributed by atoms with Crippen LogP contribution in [0.4, 0.5) is 0 Å². The minimum atomic E-state index is -0.937. The number of benzene rings is 1. The number of imidazole rings is 1. The Labute approximate surface area is 104 Å². The molecule has 0 bridgehead atoms. The number of carboxylic acid groups (broad SMARTS) is 1. The molecule has 5 heteroatoms. The Bertz CT molecular complexity index is 614. The summed E-state index contributed by atoms with van der Waals surface area (Å²) in [6.07, 6.45) is 3.75. The molecule has 0 aliphatic heterocycles. The Kier molecular flexibility index (Phi) is 2.38. The van der Waals surface area contributed by atoms with E-state index in [0.717, 1.165) is 23.9 Å². The van der Waals surface area contributed by atoms with Crippen molar-refractivity contribution in [3.8, 4) is 0 Å². The molecular formula is C13H14N2O3. The molecule has 0 radical (unpaired) electrons. The smallest absolute Gasteiger partial charge is 0.335 e. The number of fused-ring (bicyclic) bond motifs is 1. The molecule has 2 aromatic rings. The Hall–Kier alpha value is -1.88. The van der Waals surface area contributed by atoms with Gasteiger partial charge in [-0.25, -0.2) is 9.78 Å². The highest BCUT2D eigenvalue weighted by atomic mass is 16.4. The fraction of sp³-hybridized carbons (Fsp3) is 0.385. The maximum atomic E-state index is 11.0. The summed E-state index contributed by atoms with van der Waals surface area (Å²) in [5.41, 5.74) is 1.84. The number of aromatic nitrogens is 2. The molecule has 18 heavy (non-hydrogen) atoms. The topological polar surface area (TPSA) is 75.3 Å². The molecule has 1 heterocycles. The third-order valence-corrected chi connectivity index (χ3v) is 3.67. The minimum Gasteiger partial charge on any atom is -0.478 e. The van der Waals surface area contributed by atoms with E-state index >= 15 is 0 Å². The van der Waals surface area contributed by atoms with Gasteiger partial charge in [-0.2, -0.15) is 0 Å². The molecular weight excluding hydrogens is 232 g/mol. The van der Waals surface area contributed by atoms with Crippen molar-refractivity contribution < 1.29 is 15.0 Å². The number of aliphatic hydroxyl groups excluding tert-OH is 1. The van der Waals surface area contributed by atoms with E-state index in [1.54, 1.807) is 24.5 Å². The second kappa shape index (κ2) is 3.81. The molecule has 1 aromatic heterocycles. The molecule has 1 saturated carbocycles. The minimum absolute atomic E-state index is 0.0210. The van der Waals surface area contributed by atoms with Crippen LogP contribution in [0.1, 0.15) is 23.2 Å². The van der Waals surface area contributed by atoms with Gasteiger partial charge in [-0.05, 0) is 31.0 Å². The van der Waals surface area contributed by atoms with Crippen molar-refractivity contribution in [2.24, 2.45) is 5.41 Å². The lowest BCUT2D eigenvalue weighted by molar-refractivity contribution is 0.0697. The molecule has 0 spiro atoms. The fourth-order valence-corrected chi connectivity index (χ4v) is 2.22. The molecule has 1 fully saturated rings. The summed E-state index contributed by atoms with van der Waals surface area (Å²) in [6, 6.07) is 4.91. The van der Waals surface area contributed by atoms with Crippen LogP contribution in [0.25, 0.3) is 11.0 Å². The van der Waals surface area contributed by atoms with Crippen molar-refractivity contribution in [1.29, 1.82) is 0 Å². The van der Waals surface area contributed by atoms with Gasteiger partial charge in [-0.1, -0.05) is 0 Å². The van der Waals surface area contributed by atoms with E-state index in [1.807, 2.05) is 4.57 Å². The second-order valence-corrected chi connectivity index (χ2v) is 5.04. The van der Waals surface area contributed by atoms with Crippen molar-refractivity contribution in [3.05, 3.63) is 30.1 Å². The van der Waals surface area contributed by atoms with E-state index in [4.69, 9.17) is 5.11 Å². The quantitative estimate of drug-likeness (QED) is 0.857. The monoisotopic (exact) mass is 246 g/mol. The molecule has 1 aliphatic rings. The molecule has 0 amide bonds. The number of hydrogen-bond donors (Lipinski definition) is 2. The van der Waals surface area contributed by atoms with Crippen molar-refractivity contribution >= 4 is 17.0 Å². The van der Waals surface area contributed by atoms with Crippen LogP contribution in [0.3, 0.4) is 0 Å². The molecule has 0 saturated heterocycles. The van der Waals surface area contributed by atoms with E-state index < -0.39 is 5.97 Å². The van der Waals surface area contributed by atoms with Crippen molar-refractivity contribution in [2.45, 2.75) is 19.4 Å². The molecule has 3 rings (SSSR count). The van der Waals surface area contributed by atoms with E-state index in [1.165, 1.54) is 0 Å². The summed E-state index contributed by atoms with van der Waals surface area (Å²) in [6.45, 7) is 0.869. The van der Waals surface area contributed by atoms with Crippen molar-refractivity contribution in [3.63, 3.8) is 0 Å². The third kappa shape index (κ3) is 1.76. The van der Waals surface area contributed by atoms with Gasteiger partial charge in [-0.3, -0.25) is 0 Å². The molecule has 1 aliphatic carbocycles. The van der Waals surface area contributed by atoms with E-state index in [9.17, 15) is 9.90 Å². The first-order valence-corrected chi connectivity index (χ1v) is 5.93. The number of hydrogen-bond acceptors (Lipinski definition) is 3. The number of aliphatic hydroxyl groups is 1. The van der Waals surface area contributed by atoms with E-state index in [2.05, 4.69) is 4.98 Å². The lowest BCUT2D eigenvalue weighted by Crippen LogP contribution is -2.15. The van der Waals surface area contributed by atoms with Crippen LogP contribution in [0.2, 0.25) is 0 Å². The first-order chi connectivity index (χ1) is 8.63. The van der Waals surface area contributed by atoms with Crippen LogP contribution in [-0.4, -0.2) is 32.3 Å². The van der Waals surface area contributed by atoms with E-state index in [0.29, 0.717) is 6.54 Å². The second-order valence-electron chi connectivity index (χ2n) is 5.04. The summed E-state index contributed by atoms with van der Waals surface area (Å²) in [5, 5.41) is 18.3. The summed E-state index contributed by atoms with van der Waals surface area (Å²) >= 11 is 0. The molecule has 94 valence electrons. The van der Waals surface area contributed by atoms with Gasteiger partial charge in [-0.15, -0.1) is 0 Å². The molecule has 1 aromatic carbocycles.